The van der Waals surface area contributed by atoms with Crippen molar-refractivity contribution in [1.29, 1.82) is 0 Å². The molecule has 2 aromatic rings. The summed E-state index contributed by atoms with van der Waals surface area (Å²) in [5.41, 5.74) is 2.84. The van der Waals surface area contributed by atoms with E-state index in [1.807, 2.05) is 47.1 Å². The van der Waals surface area contributed by atoms with Gasteiger partial charge in [-0.2, -0.15) is 0 Å². The molecule has 0 bridgehead atoms. The van der Waals surface area contributed by atoms with E-state index in [0.29, 0.717) is 18.9 Å². The van der Waals surface area contributed by atoms with Crippen LogP contribution in [0.1, 0.15) is 84.7 Å². The van der Waals surface area contributed by atoms with Crippen LogP contribution in [0.25, 0.3) is 0 Å². The standard InChI is InChI=1S/C27H34N4O2/c1-19-23-14-15-24(32)31(17-20-9-4-2-5-10-20)26(23)29-25(28-19)22-13-8-16-30(18-22)27(33)21-11-6-3-7-12-21/h3,6-7,11-12,20,22H,2,4-5,8-10,13-18H2,1H3/t22-/m1/s1. The molecule has 3 heterocycles. The zero-order chi connectivity index (χ0) is 22.8. The average Bonchev–Trinajstić information content (AvgIpc) is 2.86. The number of benzene rings is 1. The zero-order valence-electron chi connectivity index (χ0n) is 19.6. The Labute approximate surface area is 196 Å². The summed E-state index contributed by atoms with van der Waals surface area (Å²) in [7, 11) is 0. The Balaban J connectivity index is 1.39. The maximum Gasteiger partial charge on any atom is 0.253 e. The molecule has 2 amide bonds. The van der Waals surface area contributed by atoms with Crippen molar-refractivity contribution in [1.82, 2.24) is 14.9 Å². The quantitative estimate of drug-likeness (QED) is 0.685. The first-order chi connectivity index (χ1) is 16.1. The summed E-state index contributed by atoms with van der Waals surface area (Å²) < 4.78 is 0. The molecule has 0 spiro atoms. The molecule has 5 rings (SSSR count). The van der Waals surface area contributed by atoms with Crippen molar-refractivity contribution in [2.24, 2.45) is 5.92 Å². The van der Waals surface area contributed by atoms with Gasteiger partial charge in [0.25, 0.3) is 5.91 Å². The first-order valence-electron chi connectivity index (χ1n) is 12.6. The molecular weight excluding hydrogens is 412 g/mol. The van der Waals surface area contributed by atoms with Crippen LogP contribution in [-0.4, -0.2) is 46.3 Å². The summed E-state index contributed by atoms with van der Waals surface area (Å²) in [5, 5.41) is 0. The van der Waals surface area contributed by atoms with Crippen LogP contribution in [0, 0.1) is 12.8 Å². The van der Waals surface area contributed by atoms with E-state index in [2.05, 4.69) is 0 Å². The van der Waals surface area contributed by atoms with Gasteiger partial charge < -0.3 is 4.90 Å². The number of carbonyl (C=O) groups is 2. The molecule has 0 radical (unpaired) electrons. The van der Waals surface area contributed by atoms with Gasteiger partial charge in [-0.1, -0.05) is 37.5 Å². The Bertz CT molecular complexity index is 1020. The van der Waals surface area contributed by atoms with E-state index in [1.54, 1.807) is 0 Å². The number of aryl methyl sites for hydroxylation is 1. The lowest BCUT2D eigenvalue weighted by Crippen LogP contribution is -2.42. The maximum absolute atomic E-state index is 13.0. The SMILES string of the molecule is Cc1nc([C@@H]2CCCN(C(=O)c3ccccc3)C2)nc2c1CCC(=O)N2CC1CCCCC1. The van der Waals surface area contributed by atoms with Gasteiger partial charge in [0.2, 0.25) is 5.91 Å². The number of carbonyl (C=O) groups excluding carboxylic acids is 2. The summed E-state index contributed by atoms with van der Waals surface area (Å²) in [4.78, 5) is 39.8. The molecule has 174 valence electrons. The van der Waals surface area contributed by atoms with Crippen LogP contribution in [0.5, 0.6) is 0 Å². The minimum absolute atomic E-state index is 0.0732. The third kappa shape index (κ3) is 4.66. The van der Waals surface area contributed by atoms with Gasteiger partial charge in [0.15, 0.2) is 0 Å². The van der Waals surface area contributed by atoms with E-state index >= 15 is 0 Å². The summed E-state index contributed by atoms with van der Waals surface area (Å²) in [6, 6.07) is 9.49. The fraction of sp³-hybridized carbons (Fsp3) is 0.556. The van der Waals surface area contributed by atoms with Gasteiger partial charge >= 0.3 is 0 Å². The van der Waals surface area contributed by atoms with Crippen molar-refractivity contribution < 1.29 is 9.59 Å². The highest BCUT2D eigenvalue weighted by atomic mass is 16.2. The molecule has 2 aliphatic heterocycles. The smallest absolute Gasteiger partial charge is 0.253 e. The number of rotatable bonds is 4. The first kappa shape index (κ1) is 22.1. The van der Waals surface area contributed by atoms with Crippen LogP contribution < -0.4 is 4.90 Å². The van der Waals surface area contributed by atoms with Gasteiger partial charge in [-0.3, -0.25) is 14.5 Å². The predicted molar refractivity (Wildman–Crippen MR) is 128 cm³/mol. The zero-order valence-corrected chi connectivity index (χ0v) is 19.6. The lowest BCUT2D eigenvalue weighted by atomic mass is 9.88. The topological polar surface area (TPSA) is 66.4 Å². The monoisotopic (exact) mass is 446 g/mol. The Morgan fingerprint density at radius 2 is 1.79 bits per heavy atom. The molecule has 0 N–H and O–H groups in total. The van der Waals surface area contributed by atoms with Crippen LogP contribution in [0.2, 0.25) is 0 Å². The molecule has 1 aromatic carbocycles. The fourth-order valence-electron chi connectivity index (χ4n) is 5.74. The molecule has 1 aromatic heterocycles. The molecule has 1 atom stereocenters. The van der Waals surface area contributed by atoms with E-state index in [0.717, 1.165) is 60.8 Å². The number of aromatic nitrogens is 2. The van der Waals surface area contributed by atoms with E-state index in [-0.39, 0.29) is 17.7 Å². The second kappa shape index (κ2) is 9.62. The van der Waals surface area contributed by atoms with Crippen molar-refractivity contribution >= 4 is 17.6 Å². The van der Waals surface area contributed by atoms with Gasteiger partial charge in [-0.15, -0.1) is 0 Å². The molecule has 1 saturated carbocycles. The highest BCUT2D eigenvalue weighted by Gasteiger charge is 2.33. The lowest BCUT2D eigenvalue weighted by Gasteiger charge is -2.35. The normalized spacial score (nSPS) is 21.7. The second-order valence-corrected chi connectivity index (χ2v) is 9.93. The van der Waals surface area contributed by atoms with Crippen molar-refractivity contribution in [3.8, 4) is 0 Å². The Morgan fingerprint density at radius 1 is 1.00 bits per heavy atom. The van der Waals surface area contributed by atoms with Gasteiger partial charge in [0.1, 0.15) is 11.6 Å². The number of fused-ring (bicyclic) bond motifs is 1. The number of amides is 2. The van der Waals surface area contributed by atoms with Crippen LogP contribution in [0.4, 0.5) is 5.82 Å². The highest BCUT2D eigenvalue weighted by molar-refractivity contribution is 5.95. The number of hydrogen-bond donors (Lipinski definition) is 0. The van der Waals surface area contributed by atoms with Crippen molar-refractivity contribution in [2.45, 2.75) is 70.6 Å². The van der Waals surface area contributed by atoms with E-state index in [1.165, 1.54) is 32.1 Å². The van der Waals surface area contributed by atoms with E-state index in [9.17, 15) is 9.59 Å². The maximum atomic E-state index is 13.0. The number of nitrogens with zero attached hydrogens (tertiary/aromatic N) is 4. The fourth-order valence-corrected chi connectivity index (χ4v) is 5.74. The lowest BCUT2D eigenvalue weighted by molar-refractivity contribution is -0.119. The van der Waals surface area contributed by atoms with Gasteiger partial charge in [0, 0.05) is 48.8 Å². The third-order valence-corrected chi connectivity index (χ3v) is 7.61. The van der Waals surface area contributed by atoms with Crippen molar-refractivity contribution in [2.75, 3.05) is 24.5 Å². The Kier molecular flexibility index (Phi) is 6.43. The number of hydrogen-bond acceptors (Lipinski definition) is 4. The number of likely N-dealkylation sites (tertiary alicyclic amines) is 1. The molecule has 1 saturated heterocycles. The first-order valence-corrected chi connectivity index (χ1v) is 12.6. The average molecular weight is 447 g/mol. The Hall–Kier alpha value is -2.76. The van der Waals surface area contributed by atoms with Crippen molar-refractivity contribution in [3.05, 3.63) is 53.0 Å². The van der Waals surface area contributed by atoms with E-state index in [4.69, 9.17) is 9.97 Å². The van der Waals surface area contributed by atoms with Gasteiger partial charge in [-0.05, 0) is 57.1 Å². The second-order valence-electron chi connectivity index (χ2n) is 9.93. The van der Waals surface area contributed by atoms with E-state index < -0.39 is 0 Å². The van der Waals surface area contributed by atoms with Crippen LogP contribution in [-0.2, 0) is 11.2 Å². The molecule has 6 heteroatoms. The highest BCUT2D eigenvalue weighted by Crippen LogP contribution is 2.34. The minimum atomic E-state index is 0.0732. The number of anilines is 1. The number of piperidine rings is 1. The molecule has 1 aliphatic carbocycles. The van der Waals surface area contributed by atoms with Crippen LogP contribution in [0.3, 0.4) is 0 Å². The molecule has 0 unspecified atom stereocenters. The molecule has 3 aliphatic rings. The molecule has 6 nitrogen and oxygen atoms in total. The third-order valence-electron chi connectivity index (χ3n) is 7.61. The molecule has 2 fully saturated rings. The predicted octanol–water partition coefficient (Wildman–Crippen LogP) is 4.66. The van der Waals surface area contributed by atoms with Gasteiger partial charge in [-0.25, -0.2) is 9.97 Å². The van der Waals surface area contributed by atoms with Crippen LogP contribution >= 0.6 is 0 Å². The summed E-state index contributed by atoms with van der Waals surface area (Å²) in [5.74, 6) is 2.57. The molecular formula is C27H34N4O2. The summed E-state index contributed by atoms with van der Waals surface area (Å²) >= 11 is 0. The minimum Gasteiger partial charge on any atom is -0.338 e. The van der Waals surface area contributed by atoms with Gasteiger partial charge in [0.05, 0.1) is 0 Å². The van der Waals surface area contributed by atoms with Crippen LogP contribution in [0.15, 0.2) is 30.3 Å². The summed E-state index contributed by atoms with van der Waals surface area (Å²) in [6.45, 7) is 4.22. The Morgan fingerprint density at radius 3 is 2.58 bits per heavy atom. The van der Waals surface area contributed by atoms with Crippen molar-refractivity contribution in [3.63, 3.8) is 0 Å². The summed E-state index contributed by atoms with van der Waals surface area (Å²) in [6.07, 6.45) is 9.43. The molecule has 33 heavy (non-hydrogen) atoms. The largest absolute Gasteiger partial charge is 0.338 e.